The lowest BCUT2D eigenvalue weighted by atomic mass is 10.0. The Bertz CT molecular complexity index is 385. The normalized spacial score (nSPS) is 14.9. The van der Waals surface area contributed by atoms with Gasteiger partial charge in [-0.2, -0.15) is 0 Å². The van der Waals surface area contributed by atoms with Crippen LogP contribution in [0.15, 0.2) is 24.3 Å². The Kier molecular flexibility index (Phi) is 4.59. The van der Waals surface area contributed by atoms with E-state index < -0.39 is 0 Å². The van der Waals surface area contributed by atoms with Crippen LogP contribution in [0.2, 0.25) is 0 Å². The molecule has 4 nitrogen and oxygen atoms in total. The van der Waals surface area contributed by atoms with E-state index >= 15 is 0 Å². The van der Waals surface area contributed by atoms with E-state index in [1.807, 2.05) is 24.3 Å². The Hall–Kier alpha value is -1.55. The maximum absolute atomic E-state index is 11.6. The van der Waals surface area contributed by atoms with Gasteiger partial charge in [-0.25, -0.2) is 0 Å². The van der Waals surface area contributed by atoms with E-state index in [4.69, 9.17) is 4.74 Å². The van der Waals surface area contributed by atoms with Crippen molar-refractivity contribution >= 4 is 5.91 Å². The van der Waals surface area contributed by atoms with Gasteiger partial charge in [0.2, 0.25) is 5.91 Å². The number of ether oxygens (including phenoxy) is 1. The van der Waals surface area contributed by atoms with Crippen LogP contribution in [0.3, 0.4) is 0 Å². The van der Waals surface area contributed by atoms with Crippen LogP contribution < -0.4 is 15.4 Å². The summed E-state index contributed by atoms with van der Waals surface area (Å²) >= 11 is 0. The van der Waals surface area contributed by atoms with E-state index in [-0.39, 0.29) is 5.91 Å². The monoisotopic (exact) mass is 248 g/mol. The van der Waals surface area contributed by atoms with Crippen LogP contribution in [0.25, 0.3) is 0 Å². The molecule has 2 rings (SSSR count). The Morgan fingerprint density at radius 1 is 1.39 bits per heavy atom. The molecule has 1 saturated heterocycles. The van der Waals surface area contributed by atoms with Crippen LogP contribution in [0, 0.1) is 5.92 Å². The highest BCUT2D eigenvalue weighted by Gasteiger charge is 2.16. The molecule has 1 fully saturated rings. The molecule has 0 bridgehead atoms. The van der Waals surface area contributed by atoms with Crippen molar-refractivity contribution in [2.75, 3.05) is 26.7 Å². The van der Waals surface area contributed by atoms with E-state index in [0.29, 0.717) is 12.3 Å². The third kappa shape index (κ3) is 3.74. The maximum Gasteiger partial charge on any atom is 0.220 e. The van der Waals surface area contributed by atoms with Crippen LogP contribution in [-0.4, -0.2) is 32.7 Å². The molecule has 1 aromatic carbocycles. The molecular formula is C14H20N2O2. The number of hydrogen-bond acceptors (Lipinski definition) is 3. The number of carbonyl (C=O) groups is 1. The van der Waals surface area contributed by atoms with Crippen LogP contribution in [0.1, 0.15) is 12.0 Å². The molecule has 0 unspecified atom stereocenters. The first-order chi connectivity index (χ1) is 8.78. The molecule has 1 heterocycles. The number of nitrogens with one attached hydrogen (secondary N) is 2. The van der Waals surface area contributed by atoms with Crippen molar-refractivity contribution in [3.63, 3.8) is 0 Å². The minimum atomic E-state index is 0.137. The Morgan fingerprint density at radius 2 is 2.11 bits per heavy atom. The molecule has 0 aliphatic carbocycles. The fourth-order valence-corrected chi connectivity index (χ4v) is 1.89. The first kappa shape index (κ1) is 12.9. The van der Waals surface area contributed by atoms with Crippen molar-refractivity contribution in [3.8, 4) is 5.75 Å². The summed E-state index contributed by atoms with van der Waals surface area (Å²) in [6, 6.07) is 7.85. The zero-order valence-electron chi connectivity index (χ0n) is 10.7. The molecule has 18 heavy (non-hydrogen) atoms. The van der Waals surface area contributed by atoms with Crippen LogP contribution in [0.5, 0.6) is 5.75 Å². The average Bonchev–Trinajstić information content (AvgIpc) is 2.35. The minimum absolute atomic E-state index is 0.137. The van der Waals surface area contributed by atoms with E-state index in [2.05, 4.69) is 10.6 Å². The Labute approximate surface area is 108 Å². The predicted octanol–water partition coefficient (Wildman–Crippen LogP) is 0.963. The highest BCUT2D eigenvalue weighted by molar-refractivity contribution is 5.76. The molecule has 2 N–H and O–H groups in total. The number of rotatable bonds is 6. The number of amides is 1. The molecule has 1 amide bonds. The summed E-state index contributed by atoms with van der Waals surface area (Å²) in [6.45, 7) is 2.85. The van der Waals surface area contributed by atoms with E-state index in [9.17, 15) is 4.79 Å². The van der Waals surface area contributed by atoms with Gasteiger partial charge in [-0.3, -0.25) is 4.79 Å². The van der Waals surface area contributed by atoms with Gasteiger partial charge in [0.25, 0.3) is 0 Å². The third-order valence-electron chi connectivity index (χ3n) is 3.25. The second-order valence-corrected chi connectivity index (χ2v) is 4.68. The second kappa shape index (κ2) is 6.40. The van der Waals surface area contributed by atoms with E-state index in [0.717, 1.165) is 37.4 Å². The minimum Gasteiger partial charge on any atom is -0.497 e. The van der Waals surface area contributed by atoms with Gasteiger partial charge >= 0.3 is 0 Å². The van der Waals surface area contributed by atoms with Gasteiger partial charge in [-0.05, 0) is 24.1 Å². The van der Waals surface area contributed by atoms with Gasteiger partial charge in [0.15, 0.2) is 0 Å². The third-order valence-corrected chi connectivity index (χ3v) is 3.25. The molecule has 0 atom stereocenters. The van der Waals surface area contributed by atoms with Gasteiger partial charge in [0, 0.05) is 32.0 Å². The Morgan fingerprint density at radius 3 is 2.67 bits per heavy atom. The molecule has 0 spiro atoms. The fourth-order valence-electron chi connectivity index (χ4n) is 1.89. The summed E-state index contributed by atoms with van der Waals surface area (Å²) in [4.78, 5) is 11.6. The molecule has 98 valence electrons. The lowest BCUT2D eigenvalue weighted by molar-refractivity contribution is -0.121. The molecule has 1 aliphatic heterocycles. The van der Waals surface area contributed by atoms with Crippen molar-refractivity contribution in [1.82, 2.24) is 10.6 Å². The summed E-state index contributed by atoms with van der Waals surface area (Å²) in [5.41, 5.74) is 1.16. The zero-order chi connectivity index (χ0) is 12.8. The van der Waals surface area contributed by atoms with Gasteiger partial charge in [0.1, 0.15) is 5.75 Å². The van der Waals surface area contributed by atoms with Crippen LogP contribution in [-0.2, 0) is 11.2 Å². The van der Waals surface area contributed by atoms with Gasteiger partial charge < -0.3 is 15.4 Å². The smallest absolute Gasteiger partial charge is 0.220 e. The summed E-state index contributed by atoms with van der Waals surface area (Å²) < 4.78 is 5.09. The average molecular weight is 248 g/mol. The van der Waals surface area contributed by atoms with Gasteiger partial charge in [0.05, 0.1) is 7.11 Å². The van der Waals surface area contributed by atoms with E-state index in [1.54, 1.807) is 7.11 Å². The summed E-state index contributed by atoms with van der Waals surface area (Å²) in [5, 5.41) is 6.16. The maximum atomic E-state index is 11.6. The molecular weight excluding hydrogens is 228 g/mol. The van der Waals surface area contributed by atoms with Gasteiger partial charge in [-0.1, -0.05) is 12.1 Å². The van der Waals surface area contributed by atoms with Crippen LogP contribution >= 0.6 is 0 Å². The lowest BCUT2D eigenvalue weighted by Crippen LogP contribution is -2.48. The molecule has 0 saturated carbocycles. The van der Waals surface area contributed by atoms with Crippen molar-refractivity contribution in [2.45, 2.75) is 12.8 Å². The lowest BCUT2D eigenvalue weighted by Gasteiger charge is -2.27. The summed E-state index contributed by atoms with van der Waals surface area (Å²) in [5.74, 6) is 1.60. The largest absolute Gasteiger partial charge is 0.497 e. The molecule has 1 aliphatic rings. The quantitative estimate of drug-likeness (QED) is 0.788. The van der Waals surface area contributed by atoms with Crippen LogP contribution in [0.4, 0.5) is 0 Å². The molecule has 0 radical (unpaired) electrons. The molecule has 4 heteroatoms. The zero-order valence-corrected chi connectivity index (χ0v) is 10.7. The van der Waals surface area contributed by atoms with Crippen molar-refractivity contribution < 1.29 is 9.53 Å². The van der Waals surface area contributed by atoms with Crippen molar-refractivity contribution in [1.29, 1.82) is 0 Å². The highest BCUT2D eigenvalue weighted by Crippen LogP contribution is 2.12. The van der Waals surface area contributed by atoms with E-state index in [1.165, 1.54) is 0 Å². The number of hydrogen-bond donors (Lipinski definition) is 2. The number of carbonyl (C=O) groups excluding carboxylic acids is 1. The summed E-state index contributed by atoms with van der Waals surface area (Å²) in [7, 11) is 1.65. The van der Waals surface area contributed by atoms with Crippen molar-refractivity contribution in [3.05, 3.63) is 29.8 Å². The SMILES string of the molecule is COc1ccc(CCC(=O)NCC2CNC2)cc1. The van der Waals surface area contributed by atoms with Crippen molar-refractivity contribution in [2.24, 2.45) is 5.92 Å². The molecule has 0 aromatic heterocycles. The van der Waals surface area contributed by atoms with Gasteiger partial charge in [-0.15, -0.1) is 0 Å². The molecule has 1 aromatic rings. The Balaban J connectivity index is 1.67. The second-order valence-electron chi connectivity index (χ2n) is 4.68. The topological polar surface area (TPSA) is 50.4 Å². The first-order valence-corrected chi connectivity index (χ1v) is 6.38. The predicted molar refractivity (Wildman–Crippen MR) is 70.7 cm³/mol. The highest BCUT2D eigenvalue weighted by atomic mass is 16.5. The fraction of sp³-hybridized carbons (Fsp3) is 0.500. The first-order valence-electron chi connectivity index (χ1n) is 6.38. The number of aryl methyl sites for hydroxylation is 1. The number of methoxy groups -OCH3 is 1. The number of benzene rings is 1. The standard InChI is InChI=1S/C14H20N2O2/c1-18-13-5-2-11(3-6-13)4-7-14(17)16-10-12-8-15-9-12/h2-3,5-6,12,15H,4,7-10H2,1H3,(H,16,17). The summed E-state index contributed by atoms with van der Waals surface area (Å²) in [6.07, 6.45) is 1.32.